The van der Waals surface area contributed by atoms with E-state index in [1.54, 1.807) is 16.8 Å². The Labute approximate surface area is 163 Å². The van der Waals surface area contributed by atoms with Crippen molar-refractivity contribution < 1.29 is 4.39 Å². The number of fused-ring (bicyclic) bond motifs is 1. The average molecular weight is 378 g/mol. The number of rotatable bonds is 3. The zero-order valence-electron chi connectivity index (χ0n) is 15.7. The average Bonchev–Trinajstić information content (AvgIpc) is 3.43. The van der Waals surface area contributed by atoms with Crippen LogP contribution in [0.25, 0.3) is 11.1 Å². The molecule has 0 amide bonds. The summed E-state index contributed by atoms with van der Waals surface area (Å²) in [5.41, 5.74) is 17.2. The van der Waals surface area contributed by atoms with Crippen molar-refractivity contribution in [3.05, 3.63) is 66.1 Å². The minimum atomic E-state index is -0.374. The Morgan fingerprint density at radius 2 is 1.71 bits per heavy atom. The monoisotopic (exact) mass is 378 g/mol. The highest BCUT2D eigenvalue weighted by Crippen LogP contribution is 2.45. The molecule has 1 aliphatic heterocycles. The number of aryl methyl sites for hydroxylation is 1. The van der Waals surface area contributed by atoms with E-state index in [9.17, 15) is 4.39 Å². The largest absolute Gasteiger partial charge is 0.312 e. The number of nitrogens with two attached hydrogens (primary N) is 2. The Morgan fingerprint density at radius 3 is 2.36 bits per heavy atom. The first-order chi connectivity index (χ1) is 13.5. The van der Waals surface area contributed by atoms with Crippen LogP contribution in [0.3, 0.4) is 0 Å². The van der Waals surface area contributed by atoms with Crippen LogP contribution in [-0.4, -0.2) is 27.0 Å². The van der Waals surface area contributed by atoms with Crippen molar-refractivity contribution in [3.63, 3.8) is 0 Å². The molecule has 2 heterocycles. The highest BCUT2D eigenvalue weighted by Gasteiger charge is 2.44. The molecule has 2 aliphatic rings. The number of hydrogen-bond acceptors (Lipinski definition) is 5. The molecule has 4 N–H and O–H groups in total. The first-order valence-electron chi connectivity index (χ1n) is 9.50. The highest BCUT2D eigenvalue weighted by atomic mass is 19.1. The van der Waals surface area contributed by atoms with Gasteiger partial charge in [-0.1, -0.05) is 18.2 Å². The molecule has 0 radical (unpaired) electrons. The van der Waals surface area contributed by atoms with Crippen LogP contribution in [0, 0.1) is 5.82 Å². The fourth-order valence-corrected chi connectivity index (χ4v) is 4.04. The third kappa shape index (κ3) is 2.79. The molecule has 2 atom stereocenters. The van der Waals surface area contributed by atoms with Gasteiger partial charge >= 0.3 is 0 Å². The first-order valence-corrected chi connectivity index (χ1v) is 9.50. The van der Waals surface area contributed by atoms with Gasteiger partial charge in [0, 0.05) is 30.9 Å². The van der Waals surface area contributed by atoms with Crippen molar-refractivity contribution in [3.8, 4) is 11.1 Å². The maximum atomic E-state index is 13.3. The fraction of sp³-hybridized carbons (Fsp3) is 0.286. The van der Waals surface area contributed by atoms with Gasteiger partial charge < -0.3 is 5.73 Å². The van der Waals surface area contributed by atoms with Crippen molar-refractivity contribution in [1.82, 2.24) is 14.7 Å². The molecule has 3 aromatic rings. The minimum absolute atomic E-state index is 0.245. The van der Waals surface area contributed by atoms with E-state index in [0.29, 0.717) is 6.04 Å². The summed E-state index contributed by atoms with van der Waals surface area (Å²) in [5, 5.41) is 4.57. The molecule has 28 heavy (non-hydrogen) atoms. The van der Waals surface area contributed by atoms with Crippen molar-refractivity contribution in [2.24, 2.45) is 18.5 Å². The Bertz CT molecular complexity index is 1010. The number of halogens is 1. The van der Waals surface area contributed by atoms with Gasteiger partial charge in [0.05, 0.1) is 11.9 Å². The molecule has 5 rings (SSSR count). The van der Waals surface area contributed by atoms with E-state index < -0.39 is 0 Å². The lowest BCUT2D eigenvalue weighted by Gasteiger charge is -2.46. The van der Waals surface area contributed by atoms with Gasteiger partial charge in [-0.15, -0.1) is 0 Å². The van der Waals surface area contributed by atoms with Crippen LogP contribution in [0.1, 0.15) is 24.6 Å². The van der Waals surface area contributed by atoms with Crippen LogP contribution in [0.2, 0.25) is 0 Å². The molecular weight excluding hydrogens is 355 g/mol. The first kappa shape index (κ1) is 17.4. The Balaban J connectivity index is 1.64. The summed E-state index contributed by atoms with van der Waals surface area (Å²) in [5.74, 6) is 0.550. The van der Waals surface area contributed by atoms with E-state index in [1.807, 2.05) is 36.3 Å². The minimum Gasteiger partial charge on any atom is -0.312 e. The van der Waals surface area contributed by atoms with E-state index >= 15 is 0 Å². The van der Waals surface area contributed by atoms with Gasteiger partial charge in [-0.3, -0.25) is 15.3 Å². The number of anilines is 2. The van der Waals surface area contributed by atoms with Crippen LogP contribution in [-0.2, 0) is 7.05 Å². The molecule has 0 saturated heterocycles. The van der Waals surface area contributed by atoms with Gasteiger partial charge in [0.15, 0.2) is 5.82 Å². The second-order valence-electron chi connectivity index (χ2n) is 7.53. The molecule has 1 saturated carbocycles. The van der Waals surface area contributed by atoms with E-state index in [-0.39, 0.29) is 18.3 Å². The highest BCUT2D eigenvalue weighted by molar-refractivity contribution is 5.73. The summed E-state index contributed by atoms with van der Waals surface area (Å²) in [6.45, 7) is 0. The molecule has 144 valence electrons. The maximum absolute atomic E-state index is 13.3. The van der Waals surface area contributed by atoms with E-state index in [4.69, 9.17) is 11.5 Å². The number of benzene rings is 2. The zero-order valence-corrected chi connectivity index (χ0v) is 15.7. The second-order valence-corrected chi connectivity index (χ2v) is 7.53. The molecule has 0 bridgehead atoms. The lowest BCUT2D eigenvalue weighted by atomic mass is 9.97. The third-order valence-electron chi connectivity index (χ3n) is 5.59. The van der Waals surface area contributed by atoms with Crippen LogP contribution in [0.15, 0.2) is 54.7 Å². The normalized spacial score (nSPS) is 22.4. The Hall–Kier alpha value is -2.74. The van der Waals surface area contributed by atoms with Gasteiger partial charge in [-0.25, -0.2) is 9.29 Å². The quantitative estimate of drug-likeness (QED) is 0.733. The van der Waals surface area contributed by atoms with E-state index in [2.05, 4.69) is 16.1 Å². The Kier molecular flexibility index (Phi) is 3.97. The number of aromatic nitrogens is 2. The summed E-state index contributed by atoms with van der Waals surface area (Å²) in [6, 6.07) is 15.0. The SMILES string of the molecule is Cn1ccc(N2c3ccc(-c4ccc(F)cc4)cc3C(N)N(C3CC3)C2N)n1. The Morgan fingerprint density at radius 1 is 1.00 bits per heavy atom. The van der Waals surface area contributed by atoms with Crippen LogP contribution < -0.4 is 16.4 Å². The molecular formula is C21H23FN6. The molecule has 1 aromatic heterocycles. The summed E-state index contributed by atoms with van der Waals surface area (Å²) in [7, 11) is 1.89. The second kappa shape index (κ2) is 6.41. The predicted octanol–water partition coefficient (Wildman–Crippen LogP) is 3.04. The van der Waals surface area contributed by atoms with Crippen LogP contribution in [0.5, 0.6) is 0 Å². The molecule has 6 nitrogen and oxygen atoms in total. The lowest BCUT2D eigenvalue weighted by molar-refractivity contribution is 0.120. The maximum Gasteiger partial charge on any atom is 0.157 e. The van der Waals surface area contributed by atoms with E-state index in [1.165, 1.54) is 12.1 Å². The zero-order chi connectivity index (χ0) is 19.4. The van der Waals surface area contributed by atoms with Gasteiger partial charge in [-0.2, -0.15) is 5.10 Å². The predicted molar refractivity (Wildman–Crippen MR) is 107 cm³/mol. The van der Waals surface area contributed by atoms with Crippen molar-refractivity contribution in [2.45, 2.75) is 31.3 Å². The number of hydrogen-bond donors (Lipinski definition) is 2. The summed E-state index contributed by atoms with van der Waals surface area (Å²) in [4.78, 5) is 4.22. The summed E-state index contributed by atoms with van der Waals surface area (Å²) in [6.07, 6.45) is 3.44. The molecule has 2 unspecified atom stereocenters. The van der Waals surface area contributed by atoms with E-state index in [0.717, 1.165) is 41.0 Å². The van der Waals surface area contributed by atoms with Crippen LogP contribution in [0.4, 0.5) is 15.9 Å². The molecule has 7 heteroatoms. The summed E-state index contributed by atoms with van der Waals surface area (Å²) < 4.78 is 15.1. The molecule has 0 spiro atoms. The molecule has 1 aliphatic carbocycles. The van der Waals surface area contributed by atoms with Gasteiger partial charge in [-0.05, 0) is 48.2 Å². The summed E-state index contributed by atoms with van der Waals surface area (Å²) >= 11 is 0. The van der Waals surface area contributed by atoms with Gasteiger partial charge in [0.2, 0.25) is 0 Å². The van der Waals surface area contributed by atoms with Crippen molar-refractivity contribution >= 4 is 11.5 Å². The fourth-order valence-electron chi connectivity index (χ4n) is 4.04. The smallest absolute Gasteiger partial charge is 0.157 e. The van der Waals surface area contributed by atoms with Crippen LogP contribution >= 0.6 is 0 Å². The van der Waals surface area contributed by atoms with Gasteiger partial charge in [0.1, 0.15) is 12.1 Å². The molecule has 1 fully saturated rings. The van der Waals surface area contributed by atoms with Gasteiger partial charge in [0.25, 0.3) is 0 Å². The standard InChI is InChI=1S/C21H23FN6/c1-26-11-10-19(25-26)28-18-9-4-14(13-2-5-15(22)6-3-13)12-17(18)20(23)27(21(28)24)16-7-8-16/h2-6,9-12,16,20-21H,7-8,23-24H2,1H3. The number of nitrogens with zero attached hydrogens (tertiary/aromatic N) is 4. The van der Waals surface area contributed by atoms with Crippen molar-refractivity contribution in [2.75, 3.05) is 4.90 Å². The van der Waals surface area contributed by atoms with Crippen molar-refractivity contribution in [1.29, 1.82) is 0 Å². The molecule has 2 aromatic carbocycles. The topological polar surface area (TPSA) is 76.3 Å². The lowest BCUT2D eigenvalue weighted by Crippen LogP contribution is -2.59. The third-order valence-corrected chi connectivity index (χ3v) is 5.59.